The Hall–Kier alpha value is -1.55. The van der Waals surface area contributed by atoms with Crippen molar-refractivity contribution in [3.63, 3.8) is 0 Å². The highest BCUT2D eigenvalue weighted by atomic mass is 16.5. The van der Waals surface area contributed by atoms with E-state index in [0.717, 1.165) is 25.0 Å². The molecule has 20 heavy (non-hydrogen) atoms. The highest BCUT2D eigenvalue weighted by Gasteiger charge is 2.42. The van der Waals surface area contributed by atoms with E-state index < -0.39 is 5.60 Å². The molecule has 1 aliphatic heterocycles. The number of aryl methyl sites for hydroxylation is 1. The van der Waals surface area contributed by atoms with Crippen molar-refractivity contribution < 1.29 is 14.6 Å². The lowest BCUT2D eigenvalue weighted by atomic mass is 9.89. The third-order valence-corrected chi connectivity index (χ3v) is 3.71. The first kappa shape index (κ1) is 14.9. The number of β-amino-alcohol motifs (C(OH)–C–C–N with tert-alkyl or cyclic N) is 1. The Bertz CT molecular complexity index is 467. The zero-order chi connectivity index (χ0) is 14.6. The molecule has 1 N–H and O–H groups in total. The Labute approximate surface area is 120 Å². The van der Waals surface area contributed by atoms with Crippen LogP contribution in [0.15, 0.2) is 24.3 Å². The van der Waals surface area contributed by atoms with Crippen LogP contribution >= 0.6 is 0 Å². The molecule has 4 heteroatoms. The number of aliphatic hydroxyl groups is 1. The molecule has 1 amide bonds. The molecule has 4 nitrogen and oxygen atoms in total. The van der Waals surface area contributed by atoms with E-state index >= 15 is 0 Å². The lowest BCUT2D eigenvalue weighted by Crippen LogP contribution is -2.64. The van der Waals surface area contributed by atoms with Gasteiger partial charge in [-0.25, -0.2) is 0 Å². The van der Waals surface area contributed by atoms with E-state index in [-0.39, 0.29) is 12.5 Å². The lowest BCUT2D eigenvalue weighted by molar-refractivity contribution is -0.158. The van der Waals surface area contributed by atoms with Crippen LogP contribution in [0.1, 0.15) is 32.3 Å². The van der Waals surface area contributed by atoms with Gasteiger partial charge >= 0.3 is 0 Å². The van der Waals surface area contributed by atoms with Gasteiger partial charge < -0.3 is 14.7 Å². The van der Waals surface area contributed by atoms with Crippen molar-refractivity contribution in [2.75, 3.05) is 19.7 Å². The summed E-state index contributed by atoms with van der Waals surface area (Å²) in [6.45, 7) is 5.01. The molecule has 0 saturated carbocycles. The fraction of sp³-hybridized carbons (Fsp3) is 0.562. The van der Waals surface area contributed by atoms with Crippen molar-refractivity contribution in [1.82, 2.24) is 4.90 Å². The second kappa shape index (κ2) is 6.27. The third-order valence-electron chi connectivity index (χ3n) is 3.71. The number of carbonyl (C=O) groups is 1. The molecule has 1 fully saturated rings. The van der Waals surface area contributed by atoms with E-state index in [1.54, 1.807) is 4.90 Å². The number of nitrogens with zero attached hydrogens (tertiary/aromatic N) is 1. The first-order valence-electron chi connectivity index (χ1n) is 7.28. The molecule has 0 aromatic heterocycles. The highest BCUT2D eigenvalue weighted by molar-refractivity contribution is 5.79. The molecule has 0 atom stereocenters. The van der Waals surface area contributed by atoms with Gasteiger partial charge in [-0.15, -0.1) is 0 Å². The summed E-state index contributed by atoms with van der Waals surface area (Å²) < 4.78 is 5.52. The van der Waals surface area contributed by atoms with Gasteiger partial charge in [0.25, 0.3) is 5.91 Å². The van der Waals surface area contributed by atoms with Crippen molar-refractivity contribution >= 4 is 5.91 Å². The van der Waals surface area contributed by atoms with Crippen LogP contribution in [-0.4, -0.2) is 41.2 Å². The largest absolute Gasteiger partial charge is 0.484 e. The molecule has 1 saturated heterocycles. The minimum absolute atomic E-state index is 0.0371. The van der Waals surface area contributed by atoms with E-state index in [2.05, 4.69) is 6.92 Å². The van der Waals surface area contributed by atoms with Gasteiger partial charge in [-0.3, -0.25) is 4.79 Å². The van der Waals surface area contributed by atoms with Gasteiger partial charge in [0.05, 0.1) is 18.7 Å². The van der Waals surface area contributed by atoms with E-state index in [1.807, 2.05) is 31.2 Å². The van der Waals surface area contributed by atoms with Gasteiger partial charge in [-0.2, -0.15) is 0 Å². The van der Waals surface area contributed by atoms with E-state index in [1.165, 1.54) is 5.56 Å². The Morgan fingerprint density at radius 3 is 2.80 bits per heavy atom. The number of hydrogen-bond acceptors (Lipinski definition) is 3. The Balaban J connectivity index is 1.79. The van der Waals surface area contributed by atoms with E-state index in [9.17, 15) is 9.90 Å². The Kier molecular flexibility index (Phi) is 4.65. The summed E-state index contributed by atoms with van der Waals surface area (Å²) in [5.74, 6) is 0.662. The van der Waals surface area contributed by atoms with Crippen LogP contribution in [0.4, 0.5) is 0 Å². The summed E-state index contributed by atoms with van der Waals surface area (Å²) in [6, 6.07) is 7.78. The predicted octanol–water partition coefficient (Wildman–Crippen LogP) is 2.00. The Morgan fingerprint density at radius 2 is 2.15 bits per heavy atom. The molecule has 1 heterocycles. The van der Waals surface area contributed by atoms with Gasteiger partial charge in [0, 0.05) is 0 Å². The molecule has 110 valence electrons. The molecule has 0 spiro atoms. The number of amides is 1. The van der Waals surface area contributed by atoms with Crippen LogP contribution < -0.4 is 4.74 Å². The van der Waals surface area contributed by atoms with Gasteiger partial charge in [0.2, 0.25) is 0 Å². The summed E-state index contributed by atoms with van der Waals surface area (Å²) in [4.78, 5) is 13.6. The monoisotopic (exact) mass is 277 g/mol. The van der Waals surface area contributed by atoms with Gasteiger partial charge in [0.15, 0.2) is 6.61 Å². The highest BCUT2D eigenvalue weighted by Crippen LogP contribution is 2.25. The standard InChI is InChI=1S/C16H23NO3/c1-3-8-16(19)11-17(12-16)15(18)10-20-14-7-5-6-13(4-2)9-14/h5-7,9,19H,3-4,8,10-12H2,1-2H3. The first-order chi connectivity index (χ1) is 9.56. The van der Waals surface area contributed by atoms with Crippen molar-refractivity contribution in [2.24, 2.45) is 0 Å². The van der Waals surface area contributed by atoms with Gasteiger partial charge in [-0.1, -0.05) is 32.4 Å². The molecule has 1 aromatic carbocycles. The maximum absolute atomic E-state index is 11.9. The number of rotatable bonds is 6. The number of likely N-dealkylation sites (tertiary alicyclic amines) is 1. The molecule has 1 aliphatic rings. The normalized spacial score (nSPS) is 16.6. The first-order valence-corrected chi connectivity index (χ1v) is 7.28. The minimum atomic E-state index is -0.674. The quantitative estimate of drug-likeness (QED) is 0.865. The summed E-state index contributed by atoms with van der Waals surface area (Å²) in [7, 11) is 0. The minimum Gasteiger partial charge on any atom is -0.484 e. The Morgan fingerprint density at radius 1 is 1.40 bits per heavy atom. The average Bonchev–Trinajstić information content (AvgIpc) is 2.42. The van der Waals surface area contributed by atoms with Crippen LogP contribution in [-0.2, 0) is 11.2 Å². The number of hydrogen-bond donors (Lipinski definition) is 1. The zero-order valence-electron chi connectivity index (χ0n) is 12.3. The summed E-state index contributed by atoms with van der Waals surface area (Å²) in [5, 5.41) is 10.0. The second-order valence-electron chi connectivity index (χ2n) is 5.51. The van der Waals surface area contributed by atoms with Crippen LogP contribution in [0, 0.1) is 0 Å². The molecule has 0 bridgehead atoms. The van der Waals surface area contributed by atoms with Crippen molar-refractivity contribution in [3.05, 3.63) is 29.8 Å². The molecule has 2 rings (SSSR count). The fourth-order valence-electron chi connectivity index (χ4n) is 2.56. The summed E-state index contributed by atoms with van der Waals surface area (Å²) >= 11 is 0. The molecule has 0 aliphatic carbocycles. The number of carbonyl (C=O) groups excluding carboxylic acids is 1. The predicted molar refractivity (Wildman–Crippen MR) is 77.8 cm³/mol. The maximum Gasteiger partial charge on any atom is 0.260 e. The zero-order valence-corrected chi connectivity index (χ0v) is 12.3. The van der Waals surface area contributed by atoms with Crippen molar-refractivity contribution in [3.8, 4) is 5.75 Å². The van der Waals surface area contributed by atoms with Crippen LogP contribution in [0.3, 0.4) is 0 Å². The molecular weight excluding hydrogens is 254 g/mol. The third kappa shape index (κ3) is 3.51. The van der Waals surface area contributed by atoms with Gasteiger partial charge in [0.1, 0.15) is 5.75 Å². The summed E-state index contributed by atoms with van der Waals surface area (Å²) in [5.41, 5.74) is 0.517. The number of ether oxygens (including phenoxy) is 1. The van der Waals surface area contributed by atoms with Gasteiger partial charge in [-0.05, 0) is 30.5 Å². The van der Waals surface area contributed by atoms with Crippen LogP contribution in [0.2, 0.25) is 0 Å². The SMILES string of the molecule is CCCC1(O)CN(C(=O)COc2cccc(CC)c2)C1. The topological polar surface area (TPSA) is 49.8 Å². The van der Waals surface area contributed by atoms with Crippen molar-refractivity contribution in [2.45, 2.75) is 38.7 Å². The summed E-state index contributed by atoms with van der Waals surface area (Å²) in [6.07, 6.45) is 2.62. The fourth-order valence-corrected chi connectivity index (χ4v) is 2.56. The molecule has 0 radical (unpaired) electrons. The number of benzene rings is 1. The van der Waals surface area contributed by atoms with Crippen molar-refractivity contribution in [1.29, 1.82) is 0 Å². The molecule has 0 unspecified atom stereocenters. The van der Waals surface area contributed by atoms with Crippen LogP contribution in [0.5, 0.6) is 5.75 Å². The second-order valence-corrected chi connectivity index (χ2v) is 5.51. The van der Waals surface area contributed by atoms with Crippen LogP contribution in [0.25, 0.3) is 0 Å². The lowest BCUT2D eigenvalue weighted by Gasteiger charge is -2.46. The smallest absolute Gasteiger partial charge is 0.260 e. The average molecular weight is 277 g/mol. The molecule has 1 aromatic rings. The van der Waals surface area contributed by atoms with E-state index in [4.69, 9.17) is 4.74 Å². The maximum atomic E-state index is 11.9. The molecular formula is C16H23NO3. The van der Waals surface area contributed by atoms with E-state index in [0.29, 0.717) is 13.1 Å².